The Balaban J connectivity index is 1.66. The molecule has 1 atom stereocenters. The number of rotatable bonds is 7. The van der Waals surface area contributed by atoms with Gasteiger partial charge in [0.2, 0.25) is 0 Å². The molecule has 2 saturated carbocycles. The first-order valence-electron chi connectivity index (χ1n) is 7.30. The average Bonchev–Trinajstić information content (AvgIpc) is 3.27. The molecule has 0 aliphatic heterocycles. The Labute approximate surface area is 115 Å². The molecule has 19 heavy (non-hydrogen) atoms. The lowest BCUT2D eigenvalue weighted by Gasteiger charge is -2.33. The van der Waals surface area contributed by atoms with Gasteiger partial charge in [-0.25, -0.2) is 0 Å². The molecule has 1 unspecified atom stereocenters. The third-order valence-corrected chi connectivity index (χ3v) is 4.20. The molecule has 0 bridgehead atoms. The van der Waals surface area contributed by atoms with E-state index in [1.807, 2.05) is 18.2 Å². The zero-order valence-electron chi connectivity index (χ0n) is 11.6. The van der Waals surface area contributed by atoms with E-state index in [0.29, 0.717) is 18.6 Å². The van der Waals surface area contributed by atoms with Crippen molar-refractivity contribution >= 4 is 0 Å². The Morgan fingerprint density at radius 2 is 2.11 bits per heavy atom. The molecule has 3 heteroatoms. The highest BCUT2D eigenvalue weighted by atomic mass is 16.5. The van der Waals surface area contributed by atoms with Crippen molar-refractivity contribution in [1.82, 2.24) is 5.32 Å². The van der Waals surface area contributed by atoms with E-state index in [0.717, 1.165) is 5.75 Å². The molecule has 2 fully saturated rings. The van der Waals surface area contributed by atoms with Gasteiger partial charge in [-0.1, -0.05) is 12.1 Å². The van der Waals surface area contributed by atoms with Crippen LogP contribution in [0.3, 0.4) is 0 Å². The number of benzene rings is 1. The molecule has 0 aromatic heterocycles. The van der Waals surface area contributed by atoms with Crippen LogP contribution in [0.25, 0.3) is 0 Å². The molecule has 0 heterocycles. The predicted molar refractivity (Wildman–Crippen MR) is 75.4 cm³/mol. The lowest BCUT2D eigenvalue weighted by molar-refractivity contribution is 0.0831. The summed E-state index contributed by atoms with van der Waals surface area (Å²) in [5, 5.41) is 13.5. The van der Waals surface area contributed by atoms with Crippen LogP contribution in [0, 0.1) is 12.8 Å². The molecule has 0 saturated heterocycles. The van der Waals surface area contributed by atoms with Crippen molar-refractivity contribution in [3.8, 4) is 5.75 Å². The van der Waals surface area contributed by atoms with Gasteiger partial charge >= 0.3 is 0 Å². The molecule has 104 valence electrons. The molecule has 1 aromatic carbocycles. The maximum atomic E-state index is 9.85. The molecule has 0 amide bonds. The topological polar surface area (TPSA) is 41.5 Å². The highest BCUT2D eigenvalue weighted by Crippen LogP contribution is 2.41. The van der Waals surface area contributed by atoms with Crippen molar-refractivity contribution in [3.63, 3.8) is 0 Å². The van der Waals surface area contributed by atoms with Crippen LogP contribution in [0.2, 0.25) is 0 Å². The lowest BCUT2D eigenvalue weighted by Crippen LogP contribution is -2.56. The Kier molecular flexibility index (Phi) is 3.50. The first-order chi connectivity index (χ1) is 9.22. The van der Waals surface area contributed by atoms with E-state index in [9.17, 15) is 5.11 Å². The molecule has 0 spiro atoms. The van der Waals surface area contributed by atoms with E-state index in [4.69, 9.17) is 4.74 Å². The van der Waals surface area contributed by atoms with Gasteiger partial charge in [0.1, 0.15) is 12.4 Å². The SMILES string of the molecule is Cc1cccc(OCC(CO)(NC2CC2)C2CC2)c1. The minimum absolute atomic E-state index is 0.167. The van der Waals surface area contributed by atoms with E-state index < -0.39 is 0 Å². The average molecular weight is 261 g/mol. The molecule has 2 aliphatic rings. The first-order valence-corrected chi connectivity index (χ1v) is 7.30. The summed E-state index contributed by atoms with van der Waals surface area (Å²) < 4.78 is 5.95. The van der Waals surface area contributed by atoms with Crippen LogP contribution in [-0.2, 0) is 0 Å². The quantitative estimate of drug-likeness (QED) is 0.791. The number of nitrogens with one attached hydrogen (secondary N) is 1. The molecule has 3 nitrogen and oxygen atoms in total. The summed E-state index contributed by atoms with van der Waals surface area (Å²) >= 11 is 0. The van der Waals surface area contributed by atoms with Crippen molar-refractivity contribution in [2.24, 2.45) is 5.92 Å². The number of aliphatic hydroxyl groups excluding tert-OH is 1. The lowest BCUT2D eigenvalue weighted by atomic mass is 9.95. The molecule has 2 N–H and O–H groups in total. The summed E-state index contributed by atoms with van der Waals surface area (Å²) in [5.74, 6) is 1.47. The monoisotopic (exact) mass is 261 g/mol. The standard InChI is InChI=1S/C16H23NO2/c1-12-3-2-4-15(9-12)19-11-16(10-18,13-5-6-13)17-14-7-8-14/h2-4,9,13-14,17-18H,5-8,10-11H2,1H3. The van der Waals surface area contributed by atoms with Gasteiger partial charge in [-0.05, 0) is 56.2 Å². The molecule has 2 aliphatic carbocycles. The van der Waals surface area contributed by atoms with Crippen LogP contribution in [0.15, 0.2) is 24.3 Å². The van der Waals surface area contributed by atoms with E-state index in [2.05, 4.69) is 18.3 Å². The second-order valence-electron chi connectivity index (χ2n) is 6.11. The second-order valence-corrected chi connectivity index (χ2v) is 6.11. The maximum absolute atomic E-state index is 9.85. The molecule has 1 aromatic rings. The van der Waals surface area contributed by atoms with Crippen molar-refractivity contribution in [2.45, 2.75) is 44.2 Å². The van der Waals surface area contributed by atoms with Crippen LogP contribution in [0.1, 0.15) is 31.2 Å². The number of aryl methyl sites for hydroxylation is 1. The van der Waals surface area contributed by atoms with Gasteiger partial charge < -0.3 is 15.2 Å². The minimum atomic E-state index is -0.231. The third-order valence-electron chi connectivity index (χ3n) is 4.20. The number of hydrogen-bond acceptors (Lipinski definition) is 3. The van der Waals surface area contributed by atoms with Crippen molar-refractivity contribution < 1.29 is 9.84 Å². The summed E-state index contributed by atoms with van der Waals surface area (Å²) in [6, 6.07) is 8.70. The molecular formula is C16H23NO2. The number of ether oxygens (including phenoxy) is 1. The van der Waals surface area contributed by atoms with Crippen molar-refractivity contribution in [3.05, 3.63) is 29.8 Å². The third kappa shape index (κ3) is 3.10. The van der Waals surface area contributed by atoms with Crippen LogP contribution in [0.4, 0.5) is 0 Å². The summed E-state index contributed by atoms with van der Waals surface area (Å²) in [5.41, 5.74) is 0.971. The van der Waals surface area contributed by atoms with E-state index in [1.54, 1.807) is 0 Å². The van der Waals surface area contributed by atoms with Gasteiger partial charge in [-0.15, -0.1) is 0 Å². The van der Waals surface area contributed by atoms with E-state index >= 15 is 0 Å². The van der Waals surface area contributed by atoms with Gasteiger partial charge in [0.15, 0.2) is 0 Å². The Bertz CT molecular complexity index is 440. The highest BCUT2D eigenvalue weighted by molar-refractivity contribution is 5.27. The Morgan fingerprint density at radius 3 is 2.68 bits per heavy atom. The zero-order valence-corrected chi connectivity index (χ0v) is 11.6. The first kappa shape index (κ1) is 12.9. The summed E-state index contributed by atoms with van der Waals surface area (Å²) in [6.45, 7) is 2.80. The van der Waals surface area contributed by atoms with Crippen molar-refractivity contribution in [1.29, 1.82) is 0 Å². The second kappa shape index (κ2) is 5.14. The summed E-state index contributed by atoms with van der Waals surface area (Å²) in [4.78, 5) is 0. The molecule has 3 rings (SSSR count). The molecular weight excluding hydrogens is 238 g/mol. The van der Waals surface area contributed by atoms with Gasteiger partial charge in [-0.3, -0.25) is 0 Å². The fourth-order valence-electron chi connectivity index (χ4n) is 2.69. The van der Waals surface area contributed by atoms with Gasteiger partial charge in [0.25, 0.3) is 0 Å². The summed E-state index contributed by atoms with van der Waals surface area (Å²) in [7, 11) is 0. The highest BCUT2D eigenvalue weighted by Gasteiger charge is 2.48. The smallest absolute Gasteiger partial charge is 0.119 e. The van der Waals surface area contributed by atoms with Gasteiger partial charge in [0.05, 0.1) is 12.1 Å². The normalized spacial score (nSPS) is 22.0. The van der Waals surface area contributed by atoms with Gasteiger partial charge in [-0.2, -0.15) is 0 Å². The number of hydrogen-bond donors (Lipinski definition) is 2. The maximum Gasteiger partial charge on any atom is 0.119 e. The van der Waals surface area contributed by atoms with Crippen LogP contribution < -0.4 is 10.1 Å². The Hall–Kier alpha value is -1.06. The fraction of sp³-hybridized carbons (Fsp3) is 0.625. The van der Waals surface area contributed by atoms with Crippen molar-refractivity contribution in [2.75, 3.05) is 13.2 Å². The van der Waals surface area contributed by atoms with E-state index in [1.165, 1.54) is 31.2 Å². The van der Waals surface area contributed by atoms with Crippen LogP contribution in [-0.4, -0.2) is 29.9 Å². The predicted octanol–water partition coefficient (Wildman–Crippen LogP) is 2.27. The minimum Gasteiger partial charge on any atom is -0.492 e. The zero-order chi connectivity index (χ0) is 13.3. The van der Waals surface area contributed by atoms with Crippen LogP contribution >= 0.6 is 0 Å². The Morgan fingerprint density at radius 1 is 1.32 bits per heavy atom. The fourth-order valence-corrected chi connectivity index (χ4v) is 2.69. The summed E-state index contributed by atoms with van der Waals surface area (Å²) in [6.07, 6.45) is 4.88. The van der Waals surface area contributed by atoms with Crippen LogP contribution in [0.5, 0.6) is 5.75 Å². The van der Waals surface area contributed by atoms with Gasteiger partial charge in [0, 0.05) is 6.04 Å². The molecule has 0 radical (unpaired) electrons. The number of aliphatic hydroxyl groups is 1. The largest absolute Gasteiger partial charge is 0.492 e. The van der Waals surface area contributed by atoms with E-state index in [-0.39, 0.29) is 12.1 Å².